The molecule has 0 bridgehead atoms. The van der Waals surface area contributed by atoms with Gasteiger partial charge >= 0.3 is 7.12 Å². The largest absolute Gasteiger partial charge is 0.491 e. The van der Waals surface area contributed by atoms with Gasteiger partial charge in [0, 0.05) is 5.46 Å². The van der Waals surface area contributed by atoms with Gasteiger partial charge in [-0.15, -0.1) is 0 Å². The van der Waals surface area contributed by atoms with Crippen molar-refractivity contribution in [2.45, 2.75) is 0 Å². The van der Waals surface area contributed by atoms with E-state index in [0.29, 0.717) is 0 Å². The highest BCUT2D eigenvalue weighted by Crippen LogP contribution is 2.17. The molecule has 0 heterocycles. The highest BCUT2D eigenvalue weighted by Gasteiger charge is 2.16. The first kappa shape index (κ1) is 14.9. The van der Waals surface area contributed by atoms with Crippen LogP contribution < -0.4 is 11.2 Å². The van der Waals surface area contributed by atoms with Crippen LogP contribution >= 0.6 is 0 Å². The zero-order valence-electron chi connectivity index (χ0n) is 10.0. The quantitative estimate of drug-likeness (QED) is 0.536. The first-order chi connectivity index (χ1) is 9.10. The second kappa shape index (κ2) is 7.30. The van der Waals surface area contributed by atoms with E-state index in [9.17, 15) is 4.39 Å². The fourth-order valence-electron chi connectivity index (χ4n) is 1.55. The zero-order chi connectivity index (χ0) is 14.3. The number of nitrogens with two attached hydrogens (primary N) is 1. The number of amides is 1. The molecule has 0 fully saturated rings. The Kier molecular flexibility index (Phi) is 5.72. The summed E-state index contributed by atoms with van der Waals surface area (Å²) in [7, 11) is -1.79. The predicted molar refractivity (Wildman–Crippen MR) is 71.9 cm³/mol. The summed E-state index contributed by atoms with van der Waals surface area (Å²) in [6, 6.07) is 13.7. The molecule has 0 atom stereocenters. The van der Waals surface area contributed by atoms with Crippen molar-refractivity contribution < 1.29 is 19.2 Å². The molecule has 0 aromatic heterocycles. The van der Waals surface area contributed by atoms with Gasteiger partial charge in [0.1, 0.15) is 5.82 Å². The molecule has 19 heavy (non-hydrogen) atoms. The second-order valence-electron chi connectivity index (χ2n) is 3.61. The summed E-state index contributed by atoms with van der Waals surface area (Å²) in [5.74, 6) is -0.616. The van der Waals surface area contributed by atoms with Crippen molar-refractivity contribution in [3.05, 3.63) is 54.3 Å². The summed E-state index contributed by atoms with van der Waals surface area (Å²) in [4.78, 5) is 8.58. The maximum atomic E-state index is 13.2. The molecule has 0 radical (unpaired) electrons. The fourth-order valence-corrected chi connectivity index (χ4v) is 1.55. The van der Waals surface area contributed by atoms with Gasteiger partial charge in [0.15, 0.2) is 0 Å². The molecule has 2 aromatic rings. The van der Waals surface area contributed by atoms with Crippen LogP contribution in [0.5, 0.6) is 0 Å². The van der Waals surface area contributed by atoms with Crippen LogP contribution in [0, 0.1) is 5.82 Å². The molecule has 0 aliphatic heterocycles. The number of hydrogen-bond acceptors (Lipinski definition) is 3. The number of carbonyl (C=O) groups excluding carboxylic acids is 1. The van der Waals surface area contributed by atoms with Gasteiger partial charge in [-0.2, -0.15) is 0 Å². The first-order valence-electron chi connectivity index (χ1n) is 5.46. The Morgan fingerprint density at radius 2 is 1.63 bits per heavy atom. The Morgan fingerprint density at radius 3 is 2.16 bits per heavy atom. The number of primary amides is 1. The highest BCUT2D eigenvalue weighted by molar-refractivity contribution is 6.58. The van der Waals surface area contributed by atoms with Gasteiger partial charge in [-0.1, -0.05) is 42.5 Å². The smallest absolute Gasteiger partial charge is 0.423 e. The van der Waals surface area contributed by atoms with Gasteiger partial charge in [0.05, 0.1) is 0 Å². The van der Waals surface area contributed by atoms with E-state index in [1.165, 1.54) is 12.1 Å². The third-order valence-electron chi connectivity index (χ3n) is 2.38. The lowest BCUT2D eigenvalue weighted by atomic mass is 9.78. The predicted octanol–water partition coefficient (Wildman–Crippen LogP) is 0.274. The molecule has 4 N–H and O–H groups in total. The third-order valence-corrected chi connectivity index (χ3v) is 2.38. The van der Waals surface area contributed by atoms with E-state index >= 15 is 0 Å². The number of benzene rings is 2. The van der Waals surface area contributed by atoms with Crippen LogP contribution in [0.25, 0.3) is 11.1 Å². The first-order valence-corrected chi connectivity index (χ1v) is 5.46. The maximum absolute atomic E-state index is 13.2. The number of carbonyl (C=O) groups is 1. The second-order valence-corrected chi connectivity index (χ2v) is 3.61. The minimum absolute atomic E-state index is 0.110. The van der Waals surface area contributed by atoms with Crippen LogP contribution in [-0.2, 0) is 4.79 Å². The van der Waals surface area contributed by atoms with Crippen molar-refractivity contribution in [3.8, 4) is 11.1 Å². The van der Waals surface area contributed by atoms with Crippen LogP contribution in [0.3, 0.4) is 0 Å². The summed E-state index contributed by atoms with van der Waals surface area (Å²) in [6.07, 6.45) is 0.250. The Labute approximate surface area is 110 Å². The Morgan fingerprint density at radius 1 is 1.05 bits per heavy atom. The SMILES string of the molecule is NC=O.OB(O)c1cc(-c2ccccc2)ccc1F. The minimum Gasteiger partial charge on any atom is -0.423 e. The van der Waals surface area contributed by atoms with Crippen LogP contribution in [-0.4, -0.2) is 23.6 Å². The van der Waals surface area contributed by atoms with E-state index in [4.69, 9.17) is 14.8 Å². The number of halogens is 1. The van der Waals surface area contributed by atoms with Crippen molar-refractivity contribution in [2.24, 2.45) is 5.73 Å². The molecule has 0 saturated carbocycles. The number of rotatable bonds is 2. The monoisotopic (exact) mass is 261 g/mol. The average molecular weight is 261 g/mol. The van der Waals surface area contributed by atoms with Crippen LogP contribution in [0.15, 0.2) is 48.5 Å². The Bertz CT molecular complexity index is 535. The lowest BCUT2D eigenvalue weighted by Gasteiger charge is -2.06. The summed E-state index contributed by atoms with van der Waals surface area (Å²) < 4.78 is 13.2. The molecule has 0 aliphatic carbocycles. The van der Waals surface area contributed by atoms with Gasteiger partial charge in [-0.25, -0.2) is 4.39 Å². The lowest BCUT2D eigenvalue weighted by molar-refractivity contribution is -0.106. The maximum Gasteiger partial charge on any atom is 0.491 e. The van der Waals surface area contributed by atoms with Crippen molar-refractivity contribution in [1.82, 2.24) is 0 Å². The van der Waals surface area contributed by atoms with Crippen molar-refractivity contribution in [2.75, 3.05) is 0 Å². The highest BCUT2D eigenvalue weighted by atomic mass is 19.1. The van der Waals surface area contributed by atoms with Gasteiger partial charge in [-0.3, -0.25) is 4.79 Å². The zero-order valence-corrected chi connectivity index (χ0v) is 10.0. The molecule has 0 unspecified atom stereocenters. The molecule has 0 saturated heterocycles. The van der Waals surface area contributed by atoms with Gasteiger partial charge < -0.3 is 15.8 Å². The summed E-state index contributed by atoms with van der Waals surface area (Å²) in [5, 5.41) is 18.0. The Hall–Kier alpha value is -2.18. The lowest BCUT2D eigenvalue weighted by Crippen LogP contribution is -2.32. The summed E-state index contributed by atoms with van der Waals surface area (Å²) in [6.45, 7) is 0. The molecule has 2 aromatic carbocycles. The fraction of sp³-hybridized carbons (Fsp3) is 0. The molecule has 6 heteroatoms. The topological polar surface area (TPSA) is 83.6 Å². The van der Waals surface area contributed by atoms with E-state index < -0.39 is 12.9 Å². The van der Waals surface area contributed by atoms with E-state index in [2.05, 4.69) is 5.73 Å². The molecule has 1 amide bonds. The van der Waals surface area contributed by atoms with Crippen molar-refractivity contribution in [3.63, 3.8) is 0 Å². The molecule has 0 spiro atoms. The minimum atomic E-state index is -1.79. The standard InChI is InChI=1S/C12H10BFO2.CH3NO/c14-12-7-6-10(8-11(12)13(15)16)9-4-2-1-3-5-9;2-1-3/h1-8,15-16H;1H,(H2,2,3). The van der Waals surface area contributed by atoms with Gasteiger partial charge in [0.2, 0.25) is 6.41 Å². The normalized spacial score (nSPS) is 9.21. The molecular weight excluding hydrogens is 248 g/mol. The molecule has 2 rings (SSSR count). The Balaban J connectivity index is 0.000000550. The van der Waals surface area contributed by atoms with Crippen LogP contribution in [0.2, 0.25) is 0 Å². The van der Waals surface area contributed by atoms with E-state index in [0.717, 1.165) is 11.1 Å². The van der Waals surface area contributed by atoms with Gasteiger partial charge in [0.25, 0.3) is 0 Å². The summed E-state index contributed by atoms with van der Waals surface area (Å²) >= 11 is 0. The van der Waals surface area contributed by atoms with Crippen molar-refractivity contribution in [1.29, 1.82) is 0 Å². The molecular formula is C13H13BFNO3. The average Bonchev–Trinajstić information content (AvgIpc) is 2.41. The van der Waals surface area contributed by atoms with E-state index in [1.807, 2.05) is 30.3 Å². The van der Waals surface area contributed by atoms with Crippen LogP contribution in [0.1, 0.15) is 0 Å². The van der Waals surface area contributed by atoms with Crippen molar-refractivity contribution >= 4 is 19.0 Å². The summed E-state index contributed by atoms with van der Waals surface area (Å²) in [5.41, 5.74) is 5.72. The third kappa shape index (κ3) is 4.20. The number of hydrogen-bond donors (Lipinski definition) is 3. The van der Waals surface area contributed by atoms with Crippen LogP contribution in [0.4, 0.5) is 4.39 Å². The van der Waals surface area contributed by atoms with E-state index in [1.54, 1.807) is 6.07 Å². The molecule has 0 aliphatic rings. The molecule has 98 valence electrons. The van der Waals surface area contributed by atoms with E-state index in [-0.39, 0.29) is 11.9 Å². The van der Waals surface area contributed by atoms with Gasteiger partial charge in [-0.05, 0) is 17.2 Å². The molecule has 4 nitrogen and oxygen atoms in total.